The first kappa shape index (κ1) is 53.3. The molecule has 4 aromatic heterocycles. The number of rotatable bonds is 5. The summed E-state index contributed by atoms with van der Waals surface area (Å²) in [5, 5.41) is 0.255. The van der Waals surface area contributed by atoms with E-state index in [0.717, 1.165) is 72.5 Å². The van der Waals surface area contributed by atoms with Crippen LogP contribution in [0.5, 0.6) is 5.88 Å². The van der Waals surface area contributed by atoms with E-state index in [4.69, 9.17) is 26.3 Å². The van der Waals surface area contributed by atoms with Crippen LogP contribution in [0, 0.1) is 0 Å². The lowest BCUT2D eigenvalue weighted by atomic mass is 9.78. The molecular formula is C67H77ClN6O. The van der Waals surface area contributed by atoms with E-state index >= 15 is 0 Å². The molecule has 9 rings (SSSR count). The Morgan fingerprint density at radius 3 is 0.893 bits per heavy atom. The quantitative estimate of drug-likeness (QED) is 0.168. The summed E-state index contributed by atoms with van der Waals surface area (Å²) in [7, 11) is 1.61. The first-order valence-corrected chi connectivity index (χ1v) is 26.9. The van der Waals surface area contributed by atoms with Crippen LogP contribution in [0.4, 0.5) is 0 Å². The molecule has 2 N–H and O–H groups in total. The number of fused-ring (bicyclic) bond motifs is 8. The summed E-state index contributed by atoms with van der Waals surface area (Å²) in [6.07, 6.45) is 10.0. The Morgan fingerprint density at radius 1 is 0.360 bits per heavy atom. The number of hydrogen-bond acceptors (Lipinski definition) is 5. The predicted octanol–water partition coefficient (Wildman–Crippen LogP) is 18.6. The standard InChI is InChI=1S/C67H77ClN6O/c1-62(2,3)41-28-38(29-42(34-41)63(4,5)6)55-47-20-22-49(71-47)56(39-30-43(64(7,8)9)35-44(31-39)65(10,11)12)51-24-26-53(73-51)58(59-60(68)69-37-70-61(59)75-19)54-27-25-52(74-54)57(50-23-21-48(55)72-50)40-32-45(66(13,14)15)36-46(33-40)67(16,17)18/h20-37,71,74H,1-19H3. The normalized spacial score (nSPS) is 13.5. The number of nitrogens with zero attached hydrogens (tertiary/aromatic N) is 4. The Kier molecular flexibility index (Phi) is 13.2. The summed E-state index contributed by atoms with van der Waals surface area (Å²) in [5.74, 6) is 0.346. The molecule has 0 fully saturated rings. The van der Waals surface area contributed by atoms with Crippen molar-refractivity contribution in [3.63, 3.8) is 0 Å². The molecule has 0 atom stereocenters. The topological polar surface area (TPSA) is 92.4 Å². The fourth-order valence-electron chi connectivity index (χ4n) is 10.0. The number of aromatic nitrogens is 6. The van der Waals surface area contributed by atoms with Gasteiger partial charge in [-0.05, 0) is 131 Å². The molecule has 0 unspecified atom stereocenters. The average Bonchev–Trinajstić information content (AvgIpc) is 4.16. The largest absolute Gasteiger partial charge is 0.480 e. The molecule has 0 amide bonds. The molecular weight excluding hydrogens is 940 g/mol. The molecule has 0 saturated carbocycles. The lowest BCUT2D eigenvalue weighted by Gasteiger charge is -2.26. The fourth-order valence-corrected chi connectivity index (χ4v) is 10.2. The molecule has 8 bridgehead atoms. The second-order valence-electron chi connectivity index (χ2n) is 26.9. The maximum Gasteiger partial charge on any atom is 0.225 e. The molecule has 7 aromatic rings. The van der Waals surface area contributed by atoms with E-state index in [1.54, 1.807) is 7.11 Å². The number of ether oxygens (including phenoxy) is 1. The van der Waals surface area contributed by atoms with Crippen molar-refractivity contribution < 1.29 is 4.74 Å². The minimum absolute atomic E-state index is 0.115. The van der Waals surface area contributed by atoms with Gasteiger partial charge in [-0.2, -0.15) is 0 Å². The number of methoxy groups -OCH3 is 1. The second kappa shape index (κ2) is 18.6. The van der Waals surface area contributed by atoms with E-state index in [1.807, 2.05) is 0 Å². The average molecular weight is 1020 g/mol. The van der Waals surface area contributed by atoms with Crippen molar-refractivity contribution in [2.45, 2.75) is 157 Å². The summed E-state index contributed by atoms with van der Waals surface area (Å²) in [5.41, 5.74) is 21.0. The van der Waals surface area contributed by atoms with Crippen LogP contribution in [0.15, 0.2) is 85.2 Å². The maximum atomic E-state index is 7.17. The monoisotopic (exact) mass is 1020 g/mol. The van der Waals surface area contributed by atoms with Crippen LogP contribution in [0.1, 0.15) is 181 Å². The van der Waals surface area contributed by atoms with Crippen LogP contribution in [-0.4, -0.2) is 37.0 Å². The molecule has 8 heteroatoms. The minimum Gasteiger partial charge on any atom is -0.480 e. The highest BCUT2D eigenvalue weighted by Crippen LogP contribution is 2.45. The van der Waals surface area contributed by atoms with Crippen LogP contribution in [0.2, 0.25) is 5.15 Å². The number of hydrogen-bond donors (Lipinski definition) is 2. The molecule has 6 heterocycles. The van der Waals surface area contributed by atoms with Gasteiger partial charge in [-0.25, -0.2) is 19.9 Å². The van der Waals surface area contributed by atoms with Crippen LogP contribution in [0.3, 0.4) is 0 Å². The Bertz CT molecular complexity index is 3480. The van der Waals surface area contributed by atoms with Crippen molar-refractivity contribution in [2.24, 2.45) is 0 Å². The summed E-state index contributed by atoms with van der Waals surface area (Å²) < 4.78 is 5.99. The molecule has 3 aromatic carbocycles. The van der Waals surface area contributed by atoms with Gasteiger partial charge in [0.25, 0.3) is 0 Å². The van der Waals surface area contributed by atoms with E-state index < -0.39 is 0 Å². The molecule has 0 spiro atoms. The summed E-state index contributed by atoms with van der Waals surface area (Å²) in [6.45, 7) is 41.2. The molecule has 388 valence electrons. The predicted molar refractivity (Wildman–Crippen MR) is 320 cm³/mol. The van der Waals surface area contributed by atoms with Crippen molar-refractivity contribution in [3.8, 4) is 50.4 Å². The first-order valence-electron chi connectivity index (χ1n) is 26.5. The van der Waals surface area contributed by atoms with Gasteiger partial charge in [0, 0.05) is 44.3 Å². The van der Waals surface area contributed by atoms with Gasteiger partial charge in [0.2, 0.25) is 5.88 Å². The van der Waals surface area contributed by atoms with E-state index in [-0.39, 0.29) is 37.6 Å². The number of benzene rings is 3. The van der Waals surface area contributed by atoms with Crippen molar-refractivity contribution in [3.05, 3.63) is 146 Å². The zero-order valence-electron chi connectivity index (χ0n) is 48.0. The van der Waals surface area contributed by atoms with Gasteiger partial charge in [-0.3, -0.25) is 0 Å². The minimum atomic E-state index is -0.129. The highest BCUT2D eigenvalue weighted by molar-refractivity contribution is 6.32. The van der Waals surface area contributed by atoms with E-state index in [0.29, 0.717) is 22.7 Å². The molecule has 75 heavy (non-hydrogen) atoms. The molecule has 0 saturated heterocycles. The van der Waals surface area contributed by atoms with Gasteiger partial charge < -0.3 is 14.7 Å². The molecule has 0 aliphatic carbocycles. The van der Waals surface area contributed by atoms with Crippen molar-refractivity contribution in [1.29, 1.82) is 0 Å². The van der Waals surface area contributed by atoms with Crippen LogP contribution in [0.25, 0.3) is 90.9 Å². The van der Waals surface area contributed by atoms with Gasteiger partial charge in [-0.15, -0.1) is 0 Å². The van der Waals surface area contributed by atoms with E-state index in [9.17, 15) is 0 Å². The van der Waals surface area contributed by atoms with Gasteiger partial charge in [0.15, 0.2) is 0 Å². The highest BCUT2D eigenvalue weighted by atomic mass is 35.5. The number of H-pyrrole nitrogens is 2. The first-order chi connectivity index (χ1) is 34.8. The zero-order valence-corrected chi connectivity index (χ0v) is 48.7. The smallest absolute Gasteiger partial charge is 0.225 e. The van der Waals surface area contributed by atoms with E-state index in [1.165, 1.54) is 39.7 Å². The van der Waals surface area contributed by atoms with Gasteiger partial charge in [-0.1, -0.05) is 191 Å². The third kappa shape index (κ3) is 10.5. The number of halogens is 1. The Labute approximate surface area is 451 Å². The Balaban J connectivity index is 1.55. The summed E-state index contributed by atoms with van der Waals surface area (Å²) in [6, 6.07) is 30.0. The SMILES string of the molecule is COc1ncnc(Cl)c1-c1c2nc(c(-c3cc(C(C)(C)C)cc(C(C)(C)C)c3)c3ccc([nH]3)c(-c3cc(C(C)(C)C)cc(C(C)(C)C)c3)c3nc(c(-c4cc(C(C)(C)C)cc(C(C)(C)C)c4)c4ccc1[nH]4)C=C3)C=C2. The summed E-state index contributed by atoms with van der Waals surface area (Å²) >= 11 is 7.17. The lowest BCUT2D eigenvalue weighted by molar-refractivity contribution is 0.398. The molecule has 2 aliphatic rings. The molecule has 0 radical (unpaired) electrons. The van der Waals surface area contributed by atoms with Crippen molar-refractivity contribution in [1.82, 2.24) is 29.9 Å². The van der Waals surface area contributed by atoms with Crippen molar-refractivity contribution in [2.75, 3.05) is 7.11 Å². The van der Waals surface area contributed by atoms with E-state index in [2.05, 4.69) is 248 Å². The molecule has 7 nitrogen and oxygen atoms in total. The van der Waals surface area contributed by atoms with Crippen LogP contribution >= 0.6 is 11.6 Å². The van der Waals surface area contributed by atoms with Crippen LogP contribution < -0.4 is 4.74 Å². The van der Waals surface area contributed by atoms with Crippen molar-refractivity contribution >= 4 is 58.0 Å². The van der Waals surface area contributed by atoms with Gasteiger partial charge >= 0.3 is 0 Å². The number of nitrogens with one attached hydrogen (secondary N) is 2. The number of aromatic amines is 2. The van der Waals surface area contributed by atoms with Gasteiger partial charge in [0.05, 0.1) is 35.4 Å². The van der Waals surface area contributed by atoms with Gasteiger partial charge in [0.1, 0.15) is 11.5 Å². The Morgan fingerprint density at radius 2 is 0.627 bits per heavy atom. The zero-order chi connectivity index (χ0) is 54.5. The third-order valence-corrected chi connectivity index (χ3v) is 15.1. The fraction of sp³-hybridized carbons (Fsp3) is 0.373. The van der Waals surface area contributed by atoms with Crippen LogP contribution in [-0.2, 0) is 32.5 Å². The molecule has 2 aliphatic heterocycles. The highest BCUT2D eigenvalue weighted by Gasteiger charge is 2.29. The lowest BCUT2D eigenvalue weighted by Crippen LogP contribution is -2.16. The Hall–Kier alpha value is -6.57. The second-order valence-corrected chi connectivity index (χ2v) is 27.3. The maximum absolute atomic E-state index is 7.17. The third-order valence-electron chi connectivity index (χ3n) is 14.8. The summed E-state index contributed by atoms with van der Waals surface area (Å²) in [4.78, 5) is 28.5.